The summed E-state index contributed by atoms with van der Waals surface area (Å²) in [4.78, 5) is 0. The lowest BCUT2D eigenvalue weighted by molar-refractivity contribution is 0.490. The van der Waals surface area contributed by atoms with Crippen molar-refractivity contribution in [3.63, 3.8) is 0 Å². The number of nitrogens with zero attached hydrogens (tertiary/aromatic N) is 4. The molecule has 0 N–H and O–H groups in total. The minimum atomic E-state index is -0.628. The molecule has 2 aromatic rings. The van der Waals surface area contributed by atoms with E-state index < -0.39 is 74.3 Å². The maximum atomic E-state index is 9.13. The lowest BCUT2D eigenvalue weighted by atomic mass is 9.96. The summed E-state index contributed by atoms with van der Waals surface area (Å²) in [6, 6.07) is 0. The maximum Gasteiger partial charge on any atom is 0.292 e. The van der Waals surface area contributed by atoms with Crippen molar-refractivity contribution in [2.75, 3.05) is 0 Å². The number of rotatable bonds is 6. The predicted octanol–water partition coefficient (Wildman–Crippen LogP) is 8.24. The van der Waals surface area contributed by atoms with Crippen molar-refractivity contribution < 1.29 is 18.9 Å². The third kappa shape index (κ3) is 5.02. The second-order valence-corrected chi connectivity index (χ2v) is 8.58. The highest BCUT2D eigenvalue weighted by molar-refractivity contribution is 6.60. The van der Waals surface area contributed by atoms with Crippen LogP contribution in [0.15, 0.2) is 4.49 Å². The fourth-order valence-electron chi connectivity index (χ4n) is 2.55. The molecular weight excluding hydrogens is 620 g/mol. The molecule has 0 atom stereocenters. The first kappa shape index (κ1) is 27.9. The Labute approximate surface area is 230 Å². The molecule has 16 heteroatoms. The molecule has 0 aliphatic carbocycles. The second kappa shape index (κ2) is 11.9. The Kier molecular flexibility index (Phi) is 9.74. The van der Waals surface area contributed by atoms with Gasteiger partial charge in [0.25, 0.3) is 25.0 Å². The summed E-state index contributed by atoms with van der Waals surface area (Å²) < 4.78 is 18.8. The second-order valence-electron chi connectivity index (χ2n) is 5.36. The first-order valence-electron chi connectivity index (χ1n) is 7.79. The van der Waals surface area contributed by atoms with Crippen molar-refractivity contribution in [3.05, 3.63) is 45.8 Å². The SMILES string of the molecule is N#COc1c(Cl)c(Cl)c(OC#N)c(C(=C(Cl)Cl)c2c(Cl)c(OC#N)c(Cl)c(Cl)c2OC#N)c1Cl. The smallest absolute Gasteiger partial charge is 0.292 e. The minimum Gasteiger partial charge on any atom is -0.386 e. The lowest BCUT2D eigenvalue weighted by Crippen LogP contribution is -2.03. The van der Waals surface area contributed by atoms with Crippen LogP contribution in [0, 0.1) is 46.1 Å². The van der Waals surface area contributed by atoms with E-state index in [2.05, 4.69) is 0 Å². The topological polar surface area (TPSA) is 132 Å². The summed E-state index contributed by atoms with van der Waals surface area (Å²) in [6.45, 7) is 0. The fourth-order valence-corrected chi connectivity index (χ4v) is 4.53. The number of nitriles is 4. The van der Waals surface area contributed by atoms with Crippen molar-refractivity contribution in [2.45, 2.75) is 0 Å². The van der Waals surface area contributed by atoms with Gasteiger partial charge in [0, 0.05) is 5.57 Å². The molecule has 0 fully saturated rings. The molecule has 0 unspecified atom stereocenters. The van der Waals surface area contributed by atoms with E-state index in [4.69, 9.17) is 133 Å². The third-order valence-electron chi connectivity index (χ3n) is 3.75. The third-order valence-corrected chi connectivity index (χ3v) is 6.49. The molecule has 2 rings (SSSR count). The molecule has 0 radical (unpaired) electrons. The Morgan fingerprint density at radius 1 is 0.471 bits per heavy atom. The van der Waals surface area contributed by atoms with Crippen LogP contribution in [0.1, 0.15) is 11.1 Å². The Bertz CT molecular complexity index is 1300. The Morgan fingerprint density at radius 3 is 1.00 bits per heavy atom. The van der Waals surface area contributed by atoms with Crippen molar-refractivity contribution >= 4 is 98.4 Å². The molecule has 0 saturated carbocycles. The van der Waals surface area contributed by atoms with Gasteiger partial charge in [-0.05, 0) is 0 Å². The van der Waals surface area contributed by atoms with Gasteiger partial charge in [0.15, 0.2) is 23.0 Å². The number of benzene rings is 2. The van der Waals surface area contributed by atoms with Crippen molar-refractivity contribution in [2.24, 2.45) is 0 Å². The molecule has 0 aliphatic rings. The Balaban J connectivity index is 3.23. The van der Waals surface area contributed by atoms with Crippen LogP contribution in [0.5, 0.6) is 23.0 Å². The van der Waals surface area contributed by atoms with E-state index in [9.17, 15) is 0 Å². The molecule has 0 bridgehead atoms. The van der Waals surface area contributed by atoms with Crippen LogP contribution >= 0.6 is 92.8 Å². The van der Waals surface area contributed by atoms with E-state index in [0.29, 0.717) is 0 Å². The monoisotopic (exact) mass is 616 g/mol. The zero-order valence-electron chi connectivity index (χ0n) is 15.4. The zero-order chi connectivity index (χ0) is 25.7. The molecule has 2 aromatic carbocycles. The van der Waals surface area contributed by atoms with Crippen LogP contribution in [0.4, 0.5) is 0 Å². The first-order chi connectivity index (χ1) is 16.1. The summed E-state index contributed by atoms with van der Waals surface area (Å²) in [5.41, 5.74) is -1.21. The van der Waals surface area contributed by atoms with Gasteiger partial charge in [-0.1, -0.05) is 92.8 Å². The molecule has 0 spiro atoms. The zero-order valence-corrected chi connectivity index (χ0v) is 21.5. The van der Waals surface area contributed by atoms with Gasteiger partial charge in [0.1, 0.15) is 24.6 Å². The standard InChI is InChI=1S/C18Cl8N4O4/c19-8-6(14(31-1-27)10(21)12(23)16(8)33-3-29)5(18(25)26)7-9(20)17(34-4-30)13(24)11(22)15(7)32-2-28. The predicted molar refractivity (Wildman–Crippen MR) is 126 cm³/mol. The normalized spacial score (nSPS) is 9.65. The summed E-state index contributed by atoms with van der Waals surface area (Å²) in [7, 11) is 0. The number of hydrogen-bond donors (Lipinski definition) is 0. The summed E-state index contributed by atoms with van der Waals surface area (Å²) in [5.74, 6) is -1.97. The van der Waals surface area contributed by atoms with Crippen molar-refractivity contribution in [1.82, 2.24) is 0 Å². The molecule has 8 nitrogen and oxygen atoms in total. The molecule has 0 aromatic heterocycles. The van der Waals surface area contributed by atoms with E-state index in [1.165, 1.54) is 25.0 Å². The van der Waals surface area contributed by atoms with Crippen LogP contribution in [0.25, 0.3) is 5.57 Å². The first-order valence-corrected chi connectivity index (χ1v) is 10.8. The van der Waals surface area contributed by atoms with Gasteiger partial charge in [0.05, 0.1) is 21.2 Å². The van der Waals surface area contributed by atoms with Gasteiger partial charge in [0.2, 0.25) is 0 Å². The van der Waals surface area contributed by atoms with Crippen molar-refractivity contribution in [1.29, 1.82) is 21.0 Å². The van der Waals surface area contributed by atoms with Gasteiger partial charge in [-0.25, -0.2) is 0 Å². The van der Waals surface area contributed by atoms with E-state index in [-0.39, 0.29) is 0 Å². The molecule has 172 valence electrons. The maximum absolute atomic E-state index is 9.13. The highest BCUT2D eigenvalue weighted by atomic mass is 35.5. The highest BCUT2D eigenvalue weighted by Gasteiger charge is 2.34. The molecule has 0 heterocycles. The average Bonchev–Trinajstić information content (AvgIpc) is 2.79. The molecule has 34 heavy (non-hydrogen) atoms. The number of hydrogen-bond acceptors (Lipinski definition) is 8. The summed E-state index contributed by atoms with van der Waals surface area (Å²) in [5, 5.41) is 33.5. The molecule has 0 aliphatic heterocycles. The molecular formula is C18Cl8N4O4. The Hall–Kier alpha value is -2.34. The van der Waals surface area contributed by atoms with Crippen LogP contribution in [0.3, 0.4) is 0 Å². The quantitative estimate of drug-likeness (QED) is 0.233. The van der Waals surface area contributed by atoms with Gasteiger partial charge in [-0.3, -0.25) is 0 Å². The average molecular weight is 620 g/mol. The van der Waals surface area contributed by atoms with Crippen molar-refractivity contribution in [3.8, 4) is 48.0 Å². The van der Waals surface area contributed by atoms with E-state index in [1.807, 2.05) is 0 Å². The highest BCUT2D eigenvalue weighted by Crippen LogP contribution is 2.57. The largest absolute Gasteiger partial charge is 0.386 e. The van der Waals surface area contributed by atoms with Crippen LogP contribution in [-0.2, 0) is 0 Å². The fraction of sp³-hybridized carbons (Fsp3) is 0. The lowest BCUT2D eigenvalue weighted by Gasteiger charge is -2.21. The van der Waals surface area contributed by atoms with E-state index in [0.717, 1.165) is 0 Å². The molecule has 0 saturated heterocycles. The van der Waals surface area contributed by atoms with Crippen LogP contribution in [0.2, 0.25) is 30.1 Å². The van der Waals surface area contributed by atoms with Gasteiger partial charge < -0.3 is 18.9 Å². The summed E-state index contributed by atoms with van der Waals surface area (Å²) >= 11 is 49.7. The minimum absolute atomic E-state index is 0.395. The molecule has 0 amide bonds. The van der Waals surface area contributed by atoms with Gasteiger partial charge in [-0.2, -0.15) is 0 Å². The number of halogens is 8. The summed E-state index contributed by atoms with van der Waals surface area (Å²) in [6.07, 6.45) is 5.47. The van der Waals surface area contributed by atoms with E-state index >= 15 is 0 Å². The van der Waals surface area contributed by atoms with Crippen LogP contribution in [-0.4, -0.2) is 0 Å². The number of ether oxygens (including phenoxy) is 4. The Morgan fingerprint density at radius 2 is 0.735 bits per heavy atom. The van der Waals surface area contributed by atoms with E-state index in [1.54, 1.807) is 0 Å². The van der Waals surface area contributed by atoms with Gasteiger partial charge >= 0.3 is 0 Å². The van der Waals surface area contributed by atoms with Gasteiger partial charge in [-0.15, -0.1) is 21.0 Å². The van der Waals surface area contributed by atoms with Crippen LogP contribution < -0.4 is 18.9 Å².